The predicted molar refractivity (Wildman–Crippen MR) is 90.6 cm³/mol. The Morgan fingerprint density at radius 3 is 2.41 bits per heavy atom. The molecule has 2 aromatic rings. The van der Waals surface area contributed by atoms with E-state index in [2.05, 4.69) is 24.5 Å². The quantitative estimate of drug-likeness (QED) is 0.851. The third kappa shape index (κ3) is 4.25. The molecule has 0 atom stereocenters. The number of hydrogen-bond acceptors (Lipinski definition) is 3. The van der Waals surface area contributed by atoms with E-state index in [0.717, 1.165) is 22.7 Å². The SMILES string of the molecule is COc1ccc(NCC(=O)Nc2ccccc2C(C)C)cc1. The standard InChI is InChI=1S/C18H22N2O2/c1-13(2)16-6-4-5-7-17(16)20-18(21)12-19-14-8-10-15(22-3)11-9-14/h4-11,13,19H,12H2,1-3H3,(H,20,21). The van der Waals surface area contributed by atoms with E-state index in [1.807, 2.05) is 48.5 Å². The second-order valence-electron chi connectivity index (χ2n) is 5.37. The van der Waals surface area contributed by atoms with Gasteiger partial charge >= 0.3 is 0 Å². The first-order chi connectivity index (χ1) is 10.6. The van der Waals surface area contributed by atoms with E-state index >= 15 is 0 Å². The van der Waals surface area contributed by atoms with Crippen LogP contribution in [0.15, 0.2) is 48.5 Å². The molecule has 0 fully saturated rings. The van der Waals surface area contributed by atoms with Crippen molar-refractivity contribution in [3.8, 4) is 5.75 Å². The number of nitrogens with one attached hydrogen (secondary N) is 2. The van der Waals surface area contributed by atoms with Gasteiger partial charge in [-0.05, 0) is 41.8 Å². The molecule has 0 aliphatic heterocycles. The maximum absolute atomic E-state index is 12.1. The molecule has 0 aromatic heterocycles. The molecule has 0 spiro atoms. The monoisotopic (exact) mass is 298 g/mol. The van der Waals surface area contributed by atoms with E-state index in [0.29, 0.717) is 5.92 Å². The Morgan fingerprint density at radius 2 is 1.77 bits per heavy atom. The van der Waals surface area contributed by atoms with Gasteiger partial charge in [0.2, 0.25) is 5.91 Å². The van der Waals surface area contributed by atoms with Gasteiger partial charge in [-0.25, -0.2) is 0 Å². The molecule has 22 heavy (non-hydrogen) atoms. The molecular formula is C18H22N2O2. The van der Waals surface area contributed by atoms with Crippen LogP contribution in [0.1, 0.15) is 25.3 Å². The van der Waals surface area contributed by atoms with Gasteiger partial charge in [-0.2, -0.15) is 0 Å². The molecular weight excluding hydrogens is 276 g/mol. The summed E-state index contributed by atoms with van der Waals surface area (Å²) in [5.74, 6) is 1.09. The van der Waals surface area contributed by atoms with Crippen molar-refractivity contribution in [2.45, 2.75) is 19.8 Å². The van der Waals surface area contributed by atoms with Crippen molar-refractivity contribution in [2.24, 2.45) is 0 Å². The van der Waals surface area contributed by atoms with Crippen molar-refractivity contribution < 1.29 is 9.53 Å². The van der Waals surface area contributed by atoms with Crippen LogP contribution in [-0.4, -0.2) is 19.6 Å². The van der Waals surface area contributed by atoms with Crippen molar-refractivity contribution >= 4 is 17.3 Å². The maximum Gasteiger partial charge on any atom is 0.243 e. The first-order valence-corrected chi connectivity index (χ1v) is 7.37. The Hall–Kier alpha value is -2.49. The van der Waals surface area contributed by atoms with Crippen LogP contribution in [0.4, 0.5) is 11.4 Å². The molecule has 0 radical (unpaired) electrons. The van der Waals surface area contributed by atoms with Gasteiger partial charge in [-0.1, -0.05) is 32.0 Å². The molecule has 1 amide bonds. The number of anilines is 2. The normalized spacial score (nSPS) is 10.4. The number of rotatable bonds is 6. The number of benzene rings is 2. The molecule has 0 aliphatic rings. The molecule has 2 rings (SSSR count). The molecule has 0 saturated heterocycles. The molecule has 2 aromatic carbocycles. The first kappa shape index (κ1) is 15.9. The number of amides is 1. The maximum atomic E-state index is 12.1. The fourth-order valence-electron chi connectivity index (χ4n) is 2.20. The summed E-state index contributed by atoms with van der Waals surface area (Å²) in [6.07, 6.45) is 0. The molecule has 0 saturated carbocycles. The van der Waals surface area contributed by atoms with E-state index in [9.17, 15) is 4.79 Å². The lowest BCUT2D eigenvalue weighted by Gasteiger charge is -2.14. The highest BCUT2D eigenvalue weighted by Crippen LogP contribution is 2.23. The molecule has 4 heteroatoms. The molecule has 0 unspecified atom stereocenters. The summed E-state index contributed by atoms with van der Waals surface area (Å²) in [6, 6.07) is 15.4. The highest BCUT2D eigenvalue weighted by Gasteiger charge is 2.08. The van der Waals surface area contributed by atoms with E-state index in [4.69, 9.17) is 4.74 Å². The summed E-state index contributed by atoms with van der Waals surface area (Å²) in [5.41, 5.74) is 2.90. The van der Waals surface area contributed by atoms with Crippen LogP contribution < -0.4 is 15.4 Å². The molecule has 0 bridgehead atoms. The predicted octanol–water partition coefficient (Wildman–Crippen LogP) is 3.87. The number of methoxy groups -OCH3 is 1. The lowest BCUT2D eigenvalue weighted by molar-refractivity contribution is -0.114. The van der Waals surface area contributed by atoms with Crippen LogP contribution in [0.5, 0.6) is 5.75 Å². The number of carbonyl (C=O) groups excluding carboxylic acids is 1. The largest absolute Gasteiger partial charge is 0.497 e. The highest BCUT2D eigenvalue weighted by atomic mass is 16.5. The summed E-state index contributed by atoms with van der Waals surface area (Å²) in [7, 11) is 1.63. The van der Waals surface area contributed by atoms with Gasteiger partial charge in [0.15, 0.2) is 0 Å². The molecule has 0 aliphatic carbocycles. The van der Waals surface area contributed by atoms with Crippen molar-refractivity contribution in [2.75, 3.05) is 24.3 Å². The Morgan fingerprint density at radius 1 is 1.09 bits per heavy atom. The van der Waals surface area contributed by atoms with Gasteiger partial charge in [-0.3, -0.25) is 4.79 Å². The van der Waals surface area contributed by atoms with Crippen LogP contribution in [0.3, 0.4) is 0 Å². The highest BCUT2D eigenvalue weighted by molar-refractivity contribution is 5.94. The summed E-state index contributed by atoms with van der Waals surface area (Å²) >= 11 is 0. The van der Waals surface area contributed by atoms with E-state index < -0.39 is 0 Å². The third-order valence-electron chi connectivity index (χ3n) is 3.40. The zero-order chi connectivity index (χ0) is 15.9. The summed E-state index contributed by atoms with van der Waals surface area (Å²) in [5, 5.41) is 6.06. The van der Waals surface area contributed by atoms with Crippen LogP contribution >= 0.6 is 0 Å². The Balaban J connectivity index is 1.93. The number of carbonyl (C=O) groups is 1. The number of para-hydroxylation sites is 1. The Bertz CT molecular complexity index is 621. The number of ether oxygens (including phenoxy) is 1. The molecule has 2 N–H and O–H groups in total. The summed E-state index contributed by atoms with van der Waals surface area (Å²) in [6.45, 7) is 4.44. The van der Waals surface area contributed by atoms with Gasteiger partial charge in [0, 0.05) is 11.4 Å². The zero-order valence-electron chi connectivity index (χ0n) is 13.2. The van der Waals surface area contributed by atoms with E-state index in [1.54, 1.807) is 7.11 Å². The lowest BCUT2D eigenvalue weighted by Crippen LogP contribution is -2.22. The Labute approximate surface area is 131 Å². The minimum atomic E-state index is -0.0658. The smallest absolute Gasteiger partial charge is 0.243 e. The lowest BCUT2D eigenvalue weighted by atomic mass is 10.0. The van der Waals surface area contributed by atoms with Crippen molar-refractivity contribution in [1.29, 1.82) is 0 Å². The third-order valence-corrected chi connectivity index (χ3v) is 3.40. The van der Waals surface area contributed by atoms with Gasteiger partial charge < -0.3 is 15.4 Å². The van der Waals surface area contributed by atoms with Gasteiger partial charge in [-0.15, -0.1) is 0 Å². The Kier molecular flexibility index (Phi) is 5.42. The van der Waals surface area contributed by atoms with Crippen molar-refractivity contribution in [1.82, 2.24) is 0 Å². The van der Waals surface area contributed by atoms with Gasteiger partial charge in [0.1, 0.15) is 5.75 Å². The zero-order valence-corrected chi connectivity index (χ0v) is 13.2. The molecule has 0 heterocycles. The van der Waals surface area contributed by atoms with E-state index in [-0.39, 0.29) is 12.5 Å². The average molecular weight is 298 g/mol. The fourth-order valence-corrected chi connectivity index (χ4v) is 2.20. The summed E-state index contributed by atoms with van der Waals surface area (Å²) in [4.78, 5) is 12.1. The second-order valence-corrected chi connectivity index (χ2v) is 5.37. The van der Waals surface area contributed by atoms with Crippen LogP contribution in [-0.2, 0) is 4.79 Å². The average Bonchev–Trinajstić information content (AvgIpc) is 2.53. The second kappa shape index (κ2) is 7.50. The van der Waals surface area contributed by atoms with Crippen LogP contribution in [0.25, 0.3) is 0 Å². The van der Waals surface area contributed by atoms with Crippen molar-refractivity contribution in [3.05, 3.63) is 54.1 Å². The van der Waals surface area contributed by atoms with Gasteiger partial charge in [0.05, 0.1) is 13.7 Å². The molecule has 116 valence electrons. The summed E-state index contributed by atoms with van der Waals surface area (Å²) < 4.78 is 5.10. The minimum Gasteiger partial charge on any atom is -0.497 e. The minimum absolute atomic E-state index is 0.0658. The number of hydrogen-bond donors (Lipinski definition) is 2. The first-order valence-electron chi connectivity index (χ1n) is 7.37. The van der Waals surface area contributed by atoms with Crippen molar-refractivity contribution in [3.63, 3.8) is 0 Å². The van der Waals surface area contributed by atoms with E-state index in [1.165, 1.54) is 0 Å². The fraction of sp³-hybridized carbons (Fsp3) is 0.278. The van der Waals surface area contributed by atoms with Crippen LogP contribution in [0, 0.1) is 0 Å². The molecule has 4 nitrogen and oxygen atoms in total. The van der Waals surface area contributed by atoms with Gasteiger partial charge in [0.25, 0.3) is 0 Å². The topological polar surface area (TPSA) is 50.4 Å². The van der Waals surface area contributed by atoms with Crippen LogP contribution in [0.2, 0.25) is 0 Å².